The van der Waals surface area contributed by atoms with Crippen molar-refractivity contribution in [3.8, 4) is 0 Å². The number of hydrogen-bond acceptors (Lipinski definition) is 4. The first-order valence-corrected chi connectivity index (χ1v) is 6.66. The largest absolute Gasteiger partial charge is 0.376 e. The number of carbonyl (C=O) groups excluding carboxylic acids is 2. The predicted octanol–water partition coefficient (Wildman–Crippen LogP) is -0.0286. The third-order valence-corrected chi connectivity index (χ3v) is 3.45. The second-order valence-electron chi connectivity index (χ2n) is 4.98. The summed E-state index contributed by atoms with van der Waals surface area (Å²) >= 11 is 0. The van der Waals surface area contributed by atoms with E-state index in [0.717, 1.165) is 31.9 Å². The molecule has 1 aliphatic heterocycles. The molecule has 0 saturated carbocycles. The smallest absolute Gasteiger partial charge is 0.248 e. The van der Waals surface area contributed by atoms with Crippen molar-refractivity contribution in [1.82, 2.24) is 9.80 Å². The molecule has 0 atom stereocenters. The molecule has 3 N–H and O–H groups in total. The summed E-state index contributed by atoms with van der Waals surface area (Å²) in [5.41, 5.74) is 6.38. The highest BCUT2D eigenvalue weighted by Crippen LogP contribution is 2.10. The van der Waals surface area contributed by atoms with Gasteiger partial charge in [-0.1, -0.05) is 6.07 Å². The summed E-state index contributed by atoms with van der Waals surface area (Å²) in [6.07, 6.45) is 0. The van der Waals surface area contributed by atoms with Crippen LogP contribution in [-0.2, 0) is 4.79 Å². The summed E-state index contributed by atoms with van der Waals surface area (Å²) in [6.45, 7) is 3.56. The van der Waals surface area contributed by atoms with Gasteiger partial charge in [-0.15, -0.1) is 0 Å². The third kappa shape index (κ3) is 3.71. The number of anilines is 1. The van der Waals surface area contributed by atoms with Gasteiger partial charge in [-0.3, -0.25) is 9.59 Å². The number of rotatable bonds is 4. The molecule has 1 fully saturated rings. The second-order valence-corrected chi connectivity index (χ2v) is 4.98. The van der Waals surface area contributed by atoms with Crippen molar-refractivity contribution < 1.29 is 9.59 Å². The van der Waals surface area contributed by atoms with Crippen LogP contribution in [0.4, 0.5) is 5.69 Å². The van der Waals surface area contributed by atoms with Crippen LogP contribution in [-0.4, -0.2) is 61.4 Å². The van der Waals surface area contributed by atoms with Crippen molar-refractivity contribution in [2.24, 2.45) is 5.73 Å². The number of nitrogens with zero attached hydrogens (tertiary/aromatic N) is 2. The fraction of sp³-hybridized carbons (Fsp3) is 0.429. The van der Waals surface area contributed by atoms with Gasteiger partial charge in [-0.2, -0.15) is 0 Å². The first kappa shape index (κ1) is 14.3. The number of benzene rings is 1. The molecule has 1 aromatic carbocycles. The number of amides is 2. The molecule has 108 valence electrons. The van der Waals surface area contributed by atoms with Gasteiger partial charge in [0.2, 0.25) is 11.8 Å². The van der Waals surface area contributed by atoms with Crippen LogP contribution in [0.2, 0.25) is 0 Å². The Labute approximate surface area is 118 Å². The highest BCUT2D eigenvalue weighted by atomic mass is 16.2. The number of nitrogens with two attached hydrogens (primary N) is 1. The topological polar surface area (TPSA) is 78.7 Å². The number of primary amides is 1. The van der Waals surface area contributed by atoms with Gasteiger partial charge in [0.25, 0.3) is 0 Å². The Morgan fingerprint density at radius 3 is 2.60 bits per heavy atom. The van der Waals surface area contributed by atoms with E-state index >= 15 is 0 Å². The Hall–Kier alpha value is -2.08. The normalized spacial score (nSPS) is 15.9. The summed E-state index contributed by atoms with van der Waals surface area (Å²) in [5, 5.41) is 3.04. The van der Waals surface area contributed by atoms with E-state index in [1.165, 1.54) is 0 Å². The lowest BCUT2D eigenvalue weighted by molar-refractivity contribution is -0.130. The van der Waals surface area contributed by atoms with E-state index in [-0.39, 0.29) is 12.5 Å². The van der Waals surface area contributed by atoms with E-state index in [1.54, 1.807) is 18.2 Å². The predicted molar refractivity (Wildman–Crippen MR) is 77.5 cm³/mol. The monoisotopic (exact) mass is 276 g/mol. The molecule has 0 radical (unpaired) electrons. The Kier molecular flexibility index (Phi) is 4.57. The zero-order valence-electron chi connectivity index (χ0n) is 11.6. The minimum atomic E-state index is -0.473. The Balaban J connectivity index is 1.87. The van der Waals surface area contributed by atoms with Crippen LogP contribution in [0.25, 0.3) is 0 Å². The number of hydrogen-bond donors (Lipinski definition) is 2. The lowest BCUT2D eigenvalue weighted by atomic mass is 10.2. The fourth-order valence-corrected chi connectivity index (χ4v) is 2.13. The average Bonchev–Trinajstić information content (AvgIpc) is 2.46. The molecule has 1 heterocycles. The standard InChI is InChI=1S/C14H20N4O2/c1-17-5-7-18(8-6-17)13(19)10-16-12-4-2-3-11(9-12)14(15)20/h2-4,9,16H,5-8,10H2,1H3,(H2,15,20). The van der Waals surface area contributed by atoms with Gasteiger partial charge in [0.15, 0.2) is 0 Å². The van der Waals surface area contributed by atoms with Crippen LogP contribution >= 0.6 is 0 Å². The quantitative estimate of drug-likeness (QED) is 0.809. The van der Waals surface area contributed by atoms with Gasteiger partial charge in [-0.05, 0) is 25.2 Å². The van der Waals surface area contributed by atoms with Gasteiger partial charge in [0.05, 0.1) is 6.54 Å². The first-order valence-electron chi connectivity index (χ1n) is 6.66. The molecule has 0 aliphatic carbocycles. The molecular formula is C14H20N4O2. The zero-order chi connectivity index (χ0) is 14.5. The molecule has 6 heteroatoms. The molecule has 20 heavy (non-hydrogen) atoms. The van der Waals surface area contributed by atoms with E-state index < -0.39 is 5.91 Å². The molecule has 1 saturated heterocycles. The summed E-state index contributed by atoms with van der Waals surface area (Å²) in [7, 11) is 2.05. The molecule has 1 aromatic rings. The van der Waals surface area contributed by atoms with Gasteiger partial charge in [0.1, 0.15) is 0 Å². The van der Waals surface area contributed by atoms with Crippen molar-refractivity contribution in [3.05, 3.63) is 29.8 Å². The lowest BCUT2D eigenvalue weighted by Crippen LogP contribution is -2.48. The minimum Gasteiger partial charge on any atom is -0.376 e. The van der Waals surface area contributed by atoms with E-state index in [0.29, 0.717) is 5.56 Å². The number of piperazine rings is 1. The van der Waals surface area contributed by atoms with Gasteiger partial charge in [-0.25, -0.2) is 0 Å². The molecule has 0 spiro atoms. The molecule has 1 aliphatic rings. The molecule has 6 nitrogen and oxygen atoms in total. The van der Waals surface area contributed by atoms with Crippen LogP contribution in [0.15, 0.2) is 24.3 Å². The summed E-state index contributed by atoms with van der Waals surface area (Å²) < 4.78 is 0. The van der Waals surface area contributed by atoms with Gasteiger partial charge < -0.3 is 20.9 Å². The summed E-state index contributed by atoms with van der Waals surface area (Å²) in [4.78, 5) is 27.2. The molecule has 2 rings (SSSR count). The van der Waals surface area contributed by atoms with Crippen LogP contribution < -0.4 is 11.1 Å². The van der Waals surface area contributed by atoms with Crippen molar-refractivity contribution in [3.63, 3.8) is 0 Å². The maximum Gasteiger partial charge on any atom is 0.248 e. The van der Waals surface area contributed by atoms with Crippen LogP contribution in [0.5, 0.6) is 0 Å². The summed E-state index contributed by atoms with van der Waals surface area (Å²) in [5.74, 6) is -0.401. The third-order valence-electron chi connectivity index (χ3n) is 3.45. The Morgan fingerprint density at radius 1 is 1.25 bits per heavy atom. The van der Waals surface area contributed by atoms with Gasteiger partial charge >= 0.3 is 0 Å². The van der Waals surface area contributed by atoms with Crippen LogP contribution in [0.3, 0.4) is 0 Å². The van der Waals surface area contributed by atoms with E-state index in [9.17, 15) is 9.59 Å². The van der Waals surface area contributed by atoms with E-state index in [2.05, 4.69) is 17.3 Å². The molecular weight excluding hydrogens is 256 g/mol. The number of carbonyl (C=O) groups is 2. The van der Waals surface area contributed by atoms with Crippen molar-refractivity contribution in [2.75, 3.05) is 45.1 Å². The van der Waals surface area contributed by atoms with Crippen molar-refractivity contribution in [2.45, 2.75) is 0 Å². The molecule has 0 bridgehead atoms. The lowest BCUT2D eigenvalue weighted by Gasteiger charge is -2.32. The molecule has 0 unspecified atom stereocenters. The molecule has 2 amide bonds. The SMILES string of the molecule is CN1CCN(C(=O)CNc2cccc(C(N)=O)c2)CC1. The zero-order valence-corrected chi connectivity index (χ0v) is 11.6. The highest BCUT2D eigenvalue weighted by Gasteiger charge is 2.18. The van der Waals surface area contributed by atoms with Gasteiger partial charge in [0, 0.05) is 37.4 Å². The average molecular weight is 276 g/mol. The minimum absolute atomic E-state index is 0.0718. The fourth-order valence-electron chi connectivity index (χ4n) is 2.13. The van der Waals surface area contributed by atoms with Crippen molar-refractivity contribution in [1.29, 1.82) is 0 Å². The van der Waals surface area contributed by atoms with Crippen LogP contribution in [0.1, 0.15) is 10.4 Å². The summed E-state index contributed by atoms with van der Waals surface area (Å²) in [6, 6.07) is 6.85. The number of likely N-dealkylation sites (N-methyl/N-ethyl adjacent to an activating group) is 1. The second kappa shape index (κ2) is 6.38. The number of nitrogens with one attached hydrogen (secondary N) is 1. The van der Waals surface area contributed by atoms with E-state index in [4.69, 9.17) is 5.73 Å². The maximum atomic E-state index is 12.1. The first-order chi connectivity index (χ1) is 9.56. The maximum absolute atomic E-state index is 12.1. The highest BCUT2D eigenvalue weighted by molar-refractivity contribution is 5.93. The van der Waals surface area contributed by atoms with E-state index in [1.807, 2.05) is 11.0 Å². The Bertz CT molecular complexity index is 496. The van der Waals surface area contributed by atoms with Crippen LogP contribution in [0, 0.1) is 0 Å². The molecule has 0 aromatic heterocycles. The Morgan fingerprint density at radius 2 is 1.95 bits per heavy atom. The van der Waals surface area contributed by atoms with Crippen molar-refractivity contribution >= 4 is 17.5 Å².